The molecule has 2 amide bonds. The zero-order valence-electron chi connectivity index (χ0n) is 21.1. The summed E-state index contributed by atoms with van der Waals surface area (Å²) in [5.74, 6) is -1.02. The number of rotatable bonds is 8. The van der Waals surface area contributed by atoms with Crippen LogP contribution in [0.25, 0.3) is 10.9 Å². The number of nitrogens with zero attached hydrogens (tertiary/aromatic N) is 2. The molecular formula is C29H27Cl3N4O2. The standard InChI is InChI=1S/C29H27Cl3N4O2/c1-17(2)27(34-28(37)21-9-4-6-10-23(21)30)29(38)35-33-15-22-18(3)36(26-11-7-5-8-20(22)26)16-19-12-13-24(31)25(32)14-19/h4-15,17,27H,16H2,1-3H3,(H,34,37)(H,35,38). The Bertz CT molecular complexity index is 1530. The highest BCUT2D eigenvalue weighted by molar-refractivity contribution is 6.42. The summed E-state index contributed by atoms with van der Waals surface area (Å²) in [6, 6.07) is 19.5. The number of aromatic nitrogens is 1. The van der Waals surface area contributed by atoms with E-state index in [4.69, 9.17) is 34.8 Å². The molecule has 0 radical (unpaired) electrons. The molecule has 1 atom stereocenters. The lowest BCUT2D eigenvalue weighted by atomic mass is 10.0. The van der Waals surface area contributed by atoms with Gasteiger partial charge in [-0.05, 0) is 48.7 Å². The van der Waals surface area contributed by atoms with Crippen LogP contribution in [0, 0.1) is 12.8 Å². The van der Waals surface area contributed by atoms with Crippen LogP contribution >= 0.6 is 34.8 Å². The van der Waals surface area contributed by atoms with E-state index < -0.39 is 17.9 Å². The van der Waals surface area contributed by atoms with E-state index in [0.29, 0.717) is 27.2 Å². The maximum atomic E-state index is 13.0. The Labute approximate surface area is 236 Å². The van der Waals surface area contributed by atoms with Crippen LogP contribution in [0.15, 0.2) is 71.8 Å². The van der Waals surface area contributed by atoms with Crippen molar-refractivity contribution in [3.63, 3.8) is 0 Å². The first-order valence-electron chi connectivity index (χ1n) is 12.1. The zero-order valence-corrected chi connectivity index (χ0v) is 23.4. The zero-order chi connectivity index (χ0) is 27.4. The topological polar surface area (TPSA) is 75.5 Å². The number of halogens is 3. The molecule has 0 fully saturated rings. The van der Waals surface area contributed by atoms with Gasteiger partial charge in [0.2, 0.25) is 0 Å². The summed E-state index contributed by atoms with van der Waals surface area (Å²) in [7, 11) is 0. The predicted molar refractivity (Wildman–Crippen MR) is 156 cm³/mol. The van der Waals surface area contributed by atoms with E-state index in [9.17, 15) is 9.59 Å². The minimum absolute atomic E-state index is 0.175. The number of hydrogen-bond donors (Lipinski definition) is 2. The normalized spacial score (nSPS) is 12.3. The fraction of sp³-hybridized carbons (Fsp3) is 0.207. The minimum atomic E-state index is -0.798. The molecule has 0 spiro atoms. The van der Waals surface area contributed by atoms with E-state index in [0.717, 1.165) is 27.7 Å². The van der Waals surface area contributed by atoms with Crippen molar-refractivity contribution in [2.75, 3.05) is 0 Å². The van der Waals surface area contributed by atoms with E-state index in [1.165, 1.54) is 0 Å². The van der Waals surface area contributed by atoms with Crippen LogP contribution in [0.2, 0.25) is 15.1 Å². The first-order valence-corrected chi connectivity index (χ1v) is 13.2. The number of carbonyl (C=O) groups excluding carboxylic acids is 2. The van der Waals surface area contributed by atoms with Crippen LogP contribution in [0.5, 0.6) is 0 Å². The molecular weight excluding hydrogens is 543 g/mol. The number of fused-ring (bicyclic) bond motifs is 1. The third kappa shape index (κ3) is 6.04. The lowest BCUT2D eigenvalue weighted by Crippen LogP contribution is -2.48. The summed E-state index contributed by atoms with van der Waals surface area (Å²) in [4.78, 5) is 25.7. The maximum absolute atomic E-state index is 13.0. The van der Waals surface area contributed by atoms with Gasteiger partial charge in [-0.3, -0.25) is 9.59 Å². The molecule has 9 heteroatoms. The fourth-order valence-corrected chi connectivity index (χ4v) is 4.82. The van der Waals surface area contributed by atoms with Gasteiger partial charge in [-0.1, -0.05) is 85.0 Å². The number of para-hydroxylation sites is 1. The van der Waals surface area contributed by atoms with Gasteiger partial charge >= 0.3 is 0 Å². The molecule has 0 bridgehead atoms. The van der Waals surface area contributed by atoms with E-state index >= 15 is 0 Å². The van der Waals surface area contributed by atoms with E-state index in [1.807, 2.05) is 57.2 Å². The number of nitrogens with one attached hydrogen (secondary N) is 2. The predicted octanol–water partition coefficient (Wildman–Crippen LogP) is 6.86. The van der Waals surface area contributed by atoms with Crippen LogP contribution in [0.3, 0.4) is 0 Å². The van der Waals surface area contributed by atoms with Crippen molar-refractivity contribution in [1.82, 2.24) is 15.3 Å². The van der Waals surface area contributed by atoms with Crippen molar-refractivity contribution in [2.24, 2.45) is 11.0 Å². The second-order valence-electron chi connectivity index (χ2n) is 9.26. The SMILES string of the molecule is Cc1c(C=NNC(=O)C(NC(=O)c2ccccc2Cl)C(C)C)c2ccccc2n1Cc1ccc(Cl)c(Cl)c1. The minimum Gasteiger partial charge on any atom is -0.340 e. The molecule has 0 saturated heterocycles. The largest absolute Gasteiger partial charge is 0.340 e. The lowest BCUT2D eigenvalue weighted by molar-refractivity contribution is -0.123. The molecule has 0 aliphatic rings. The van der Waals surface area contributed by atoms with Crippen LogP contribution in [-0.2, 0) is 11.3 Å². The van der Waals surface area contributed by atoms with Gasteiger partial charge in [0.25, 0.3) is 11.8 Å². The van der Waals surface area contributed by atoms with Crippen molar-refractivity contribution in [1.29, 1.82) is 0 Å². The first kappa shape index (κ1) is 27.7. The summed E-state index contributed by atoms with van der Waals surface area (Å²) in [5.41, 5.74) is 6.78. The van der Waals surface area contributed by atoms with Gasteiger partial charge in [0.05, 0.1) is 26.8 Å². The third-order valence-electron chi connectivity index (χ3n) is 6.33. The molecule has 3 aromatic carbocycles. The monoisotopic (exact) mass is 568 g/mol. The summed E-state index contributed by atoms with van der Waals surface area (Å²) < 4.78 is 2.17. The number of hydrogen-bond acceptors (Lipinski definition) is 3. The maximum Gasteiger partial charge on any atom is 0.262 e. The van der Waals surface area contributed by atoms with Crippen LogP contribution in [0.4, 0.5) is 0 Å². The van der Waals surface area contributed by atoms with Crippen molar-refractivity contribution < 1.29 is 9.59 Å². The third-order valence-corrected chi connectivity index (χ3v) is 7.40. The number of hydrazone groups is 1. The molecule has 1 unspecified atom stereocenters. The summed E-state index contributed by atoms with van der Waals surface area (Å²) in [6.07, 6.45) is 1.63. The summed E-state index contributed by atoms with van der Waals surface area (Å²) in [5, 5.41) is 9.34. The van der Waals surface area contributed by atoms with Crippen LogP contribution < -0.4 is 10.7 Å². The average molecular weight is 570 g/mol. The van der Waals surface area contributed by atoms with Gasteiger partial charge in [-0.2, -0.15) is 5.10 Å². The van der Waals surface area contributed by atoms with E-state index in [-0.39, 0.29) is 5.92 Å². The molecule has 2 N–H and O–H groups in total. The summed E-state index contributed by atoms with van der Waals surface area (Å²) in [6.45, 7) is 6.29. The average Bonchev–Trinajstić information content (AvgIpc) is 3.15. The Morgan fingerprint density at radius 3 is 2.37 bits per heavy atom. The molecule has 4 rings (SSSR count). The van der Waals surface area contributed by atoms with Crippen molar-refractivity contribution in [3.8, 4) is 0 Å². The van der Waals surface area contributed by atoms with Gasteiger partial charge in [-0.15, -0.1) is 0 Å². The molecule has 1 aromatic heterocycles. The van der Waals surface area contributed by atoms with Crippen LogP contribution in [0.1, 0.15) is 41.0 Å². The van der Waals surface area contributed by atoms with Crippen molar-refractivity contribution in [3.05, 3.63) is 104 Å². The fourth-order valence-electron chi connectivity index (χ4n) is 4.27. The highest BCUT2D eigenvalue weighted by atomic mass is 35.5. The van der Waals surface area contributed by atoms with Crippen molar-refractivity contribution >= 4 is 63.7 Å². The quantitative estimate of drug-likeness (QED) is 0.180. The number of benzene rings is 3. The molecule has 38 heavy (non-hydrogen) atoms. The Kier molecular flexibility index (Phi) is 8.77. The highest BCUT2D eigenvalue weighted by Gasteiger charge is 2.25. The first-order chi connectivity index (χ1) is 18.2. The number of carbonyl (C=O) groups is 2. The van der Waals surface area contributed by atoms with Crippen LogP contribution in [-0.4, -0.2) is 28.6 Å². The Morgan fingerprint density at radius 2 is 1.66 bits per heavy atom. The Balaban J connectivity index is 1.54. The highest BCUT2D eigenvalue weighted by Crippen LogP contribution is 2.28. The molecule has 6 nitrogen and oxygen atoms in total. The van der Waals surface area contributed by atoms with E-state index in [2.05, 4.69) is 20.4 Å². The van der Waals surface area contributed by atoms with Gasteiger partial charge in [0.15, 0.2) is 0 Å². The molecule has 0 aliphatic heterocycles. The molecule has 0 aliphatic carbocycles. The van der Waals surface area contributed by atoms with Gasteiger partial charge < -0.3 is 9.88 Å². The van der Waals surface area contributed by atoms with Gasteiger partial charge in [0, 0.05) is 28.7 Å². The molecule has 196 valence electrons. The van der Waals surface area contributed by atoms with Gasteiger partial charge in [0.1, 0.15) is 6.04 Å². The van der Waals surface area contributed by atoms with Crippen molar-refractivity contribution in [2.45, 2.75) is 33.4 Å². The Morgan fingerprint density at radius 1 is 0.947 bits per heavy atom. The Hall–Kier alpha value is -3.32. The molecule has 0 saturated carbocycles. The smallest absolute Gasteiger partial charge is 0.262 e. The van der Waals surface area contributed by atoms with Gasteiger partial charge in [-0.25, -0.2) is 5.43 Å². The molecule has 4 aromatic rings. The summed E-state index contributed by atoms with van der Waals surface area (Å²) >= 11 is 18.5. The second kappa shape index (κ2) is 12.0. The second-order valence-corrected chi connectivity index (χ2v) is 10.5. The number of amides is 2. The molecule has 1 heterocycles. The van der Waals surface area contributed by atoms with E-state index in [1.54, 1.807) is 36.5 Å². The lowest BCUT2D eigenvalue weighted by Gasteiger charge is -2.20.